The van der Waals surface area contributed by atoms with Gasteiger partial charge in [-0.25, -0.2) is 0 Å². The molecule has 2 nitrogen and oxygen atoms in total. The van der Waals surface area contributed by atoms with Crippen LogP contribution in [0.5, 0.6) is 0 Å². The van der Waals surface area contributed by atoms with Gasteiger partial charge in [-0.15, -0.1) is 6.58 Å². The van der Waals surface area contributed by atoms with Gasteiger partial charge in [-0.3, -0.25) is 0 Å². The molecule has 1 heterocycles. The molecule has 0 radical (unpaired) electrons. The Morgan fingerprint density at radius 1 is 1.60 bits per heavy atom. The third-order valence-corrected chi connectivity index (χ3v) is 3.18. The molecule has 0 aromatic rings. The van der Waals surface area contributed by atoms with E-state index in [2.05, 4.69) is 25.7 Å². The predicted molar refractivity (Wildman–Crippen MR) is 65.0 cm³/mol. The molecule has 0 aromatic carbocycles. The minimum absolute atomic E-state index is 0.413. The van der Waals surface area contributed by atoms with Crippen LogP contribution in [0.15, 0.2) is 12.7 Å². The van der Waals surface area contributed by atoms with Crippen molar-refractivity contribution in [3.05, 3.63) is 12.7 Å². The Balaban J connectivity index is 2.41. The summed E-state index contributed by atoms with van der Waals surface area (Å²) in [6.07, 6.45) is 7.04. The van der Waals surface area contributed by atoms with Crippen LogP contribution in [-0.4, -0.2) is 25.3 Å². The molecule has 0 spiro atoms. The highest BCUT2D eigenvalue weighted by Crippen LogP contribution is 2.24. The molecule has 1 saturated heterocycles. The average Bonchev–Trinajstić information content (AvgIpc) is 2.65. The van der Waals surface area contributed by atoms with Crippen molar-refractivity contribution in [3.63, 3.8) is 0 Å². The topological polar surface area (TPSA) is 21.3 Å². The van der Waals surface area contributed by atoms with Gasteiger partial charge in [-0.1, -0.05) is 19.9 Å². The summed E-state index contributed by atoms with van der Waals surface area (Å²) in [5.74, 6) is 0.698. The van der Waals surface area contributed by atoms with Crippen LogP contribution in [0.4, 0.5) is 0 Å². The van der Waals surface area contributed by atoms with E-state index in [0.717, 1.165) is 26.0 Å². The molecule has 3 unspecified atom stereocenters. The molecular formula is C13H25NO. The van der Waals surface area contributed by atoms with Crippen molar-refractivity contribution in [2.24, 2.45) is 5.92 Å². The van der Waals surface area contributed by atoms with E-state index < -0.39 is 0 Å². The van der Waals surface area contributed by atoms with Crippen LogP contribution < -0.4 is 5.32 Å². The molecule has 0 aliphatic carbocycles. The maximum atomic E-state index is 5.82. The van der Waals surface area contributed by atoms with Crippen molar-refractivity contribution in [2.45, 2.75) is 51.7 Å². The Kier molecular flexibility index (Phi) is 5.96. The fourth-order valence-electron chi connectivity index (χ4n) is 2.24. The Morgan fingerprint density at radius 3 is 2.93 bits per heavy atom. The second-order valence-corrected chi connectivity index (χ2v) is 4.53. The molecule has 1 aliphatic heterocycles. The van der Waals surface area contributed by atoms with E-state index in [1.165, 1.54) is 12.8 Å². The molecule has 1 aliphatic rings. The summed E-state index contributed by atoms with van der Waals surface area (Å²) in [6.45, 7) is 10.3. The average molecular weight is 211 g/mol. The predicted octanol–water partition coefficient (Wildman–Crippen LogP) is 2.75. The third-order valence-electron chi connectivity index (χ3n) is 3.18. The SMILES string of the molecule is C=CCCC(NCCC)C1OCCC1C. The molecule has 0 saturated carbocycles. The quantitative estimate of drug-likeness (QED) is 0.654. The first kappa shape index (κ1) is 12.7. The summed E-state index contributed by atoms with van der Waals surface area (Å²) in [6, 6.07) is 0.514. The summed E-state index contributed by atoms with van der Waals surface area (Å²) in [5.41, 5.74) is 0. The number of allylic oxidation sites excluding steroid dienone is 1. The highest BCUT2D eigenvalue weighted by Gasteiger charge is 2.30. The van der Waals surface area contributed by atoms with Gasteiger partial charge in [0, 0.05) is 12.6 Å². The van der Waals surface area contributed by atoms with E-state index in [1.54, 1.807) is 0 Å². The highest BCUT2D eigenvalue weighted by atomic mass is 16.5. The molecule has 0 aromatic heterocycles. The monoisotopic (exact) mass is 211 g/mol. The Hall–Kier alpha value is -0.340. The van der Waals surface area contributed by atoms with Gasteiger partial charge in [0.05, 0.1) is 6.10 Å². The Labute approximate surface area is 94.1 Å². The zero-order chi connectivity index (χ0) is 11.1. The van der Waals surface area contributed by atoms with Crippen LogP contribution in [-0.2, 0) is 4.74 Å². The first-order chi connectivity index (χ1) is 7.29. The molecule has 0 bridgehead atoms. The van der Waals surface area contributed by atoms with Crippen LogP contribution in [0.25, 0.3) is 0 Å². The molecule has 1 rings (SSSR count). The van der Waals surface area contributed by atoms with Crippen molar-refractivity contribution >= 4 is 0 Å². The lowest BCUT2D eigenvalue weighted by molar-refractivity contribution is 0.0586. The van der Waals surface area contributed by atoms with Crippen molar-refractivity contribution in [1.82, 2.24) is 5.32 Å². The summed E-state index contributed by atoms with van der Waals surface area (Å²) in [5, 5.41) is 3.60. The number of hydrogen-bond donors (Lipinski definition) is 1. The van der Waals surface area contributed by atoms with Crippen LogP contribution in [0.2, 0.25) is 0 Å². The number of ether oxygens (including phenoxy) is 1. The van der Waals surface area contributed by atoms with E-state index in [-0.39, 0.29) is 0 Å². The second-order valence-electron chi connectivity index (χ2n) is 4.53. The minimum Gasteiger partial charge on any atom is -0.376 e. The molecular weight excluding hydrogens is 186 g/mol. The van der Waals surface area contributed by atoms with Gasteiger partial charge in [0.15, 0.2) is 0 Å². The van der Waals surface area contributed by atoms with Gasteiger partial charge in [0.25, 0.3) is 0 Å². The summed E-state index contributed by atoms with van der Waals surface area (Å²) < 4.78 is 5.82. The van der Waals surface area contributed by atoms with Gasteiger partial charge in [0.2, 0.25) is 0 Å². The third kappa shape index (κ3) is 3.96. The molecule has 15 heavy (non-hydrogen) atoms. The van der Waals surface area contributed by atoms with Crippen molar-refractivity contribution < 1.29 is 4.74 Å². The van der Waals surface area contributed by atoms with Gasteiger partial charge in [-0.05, 0) is 38.1 Å². The van der Waals surface area contributed by atoms with Gasteiger partial charge in [-0.2, -0.15) is 0 Å². The maximum absolute atomic E-state index is 5.82. The van der Waals surface area contributed by atoms with Crippen LogP contribution in [0.1, 0.15) is 39.5 Å². The maximum Gasteiger partial charge on any atom is 0.0754 e. The zero-order valence-electron chi connectivity index (χ0n) is 10.2. The van der Waals surface area contributed by atoms with Crippen molar-refractivity contribution in [1.29, 1.82) is 0 Å². The number of nitrogens with one attached hydrogen (secondary N) is 1. The van der Waals surface area contributed by atoms with E-state index in [0.29, 0.717) is 18.1 Å². The normalized spacial score (nSPS) is 27.9. The summed E-state index contributed by atoms with van der Waals surface area (Å²) >= 11 is 0. The molecule has 0 amide bonds. The Bertz CT molecular complexity index is 181. The highest BCUT2D eigenvalue weighted by molar-refractivity contribution is 4.86. The zero-order valence-corrected chi connectivity index (χ0v) is 10.2. The van der Waals surface area contributed by atoms with Crippen molar-refractivity contribution in [3.8, 4) is 0 Å². The molecule has 3 atom stereocenters. The van der Waals surface area contributed by atoms with E-state index in [1.807, 2.05) is 6.08 Å². The van der Waals surface area contributed by atoms with E-state index >= 15 is 0 Å². The first-order valence-corrected chi connectivity index (χ1v) is 6.25. The largest absolute Gasteiger partial charge is 0.376 e. The first-order valence-electron chi connectivity index (χ1n) is 6.25. The van der Waals surface area contributed by atoms with Gasteiger partial charge >= 0.3 is 0 Å². The van der Waals surface area contributed by atoms with Crippen LogP contribution >= 0.6 is 0 Å². The summed E-state index contributed by atoms with van der Waals surface area (Å²) in [7, 11) is 0. The molecule has 88 valence electrons. The minimum atomic E-state index is 0.413. The lowest BCUT2D eigenvalue weighted by Crippen LogP contribution is -2.42. The molecule has 1 fully saturated rings. The fourth-order valence-corrected chi connectivity index (χ4v) is 2.24. The fraction of sp³-hybridized carbons (Fsp3) is 0.846. The molecule has 1 N–H and O–H groups in total. The van der Waals surface area contributed by atoms with Gasteiger partial charge < -0.3 is 10.1 Å². The van der Waals surface area contributed by atoms with Crippen molar-refractivity contribution in [2.75, 3.05) is 13.2 Å². The van der Waals surface area contributed by atoms with E-state index in [4.69, 9.17) is 4.74 Å². The lowest BCUT2D eigenvalue weighted by Gasteiger charge is -2.26. The smallest absolute Gasteiger partial charge is 0.0754 e. The Morgan fingerprint density at radius 2 is 2.40 bits per heavy atom. The summed E-state index contributed by atoms with van der Waals surface area (Å²) in [4.78, 5) is 0. The van der Waals surface area contributed by atoms with Crippen LogP contribution in [0, 0.1) is 5.92 Å². The second kappa shape index (κ2) is 7.02. The van der Waals surface area contributed by atoms with E-state index in [9.17, 15) is 0 Å². The number of hydrogen-bond acceptors (Lipinski definition) is 2. The standard InChI is InChI=1S/C13H25NO/c1-4-6-7-12(14-9-5-2)13-11(3)8-10-15-13/h4,11-14H,1,5-10H2,2-3H3. The lowest BCUT2D eigenvalue weighted by atomic mass is 9.94. The van der Waals surface area contributed by atoms with Gasteiger partial charge in [0.1, 0.15) is 0 Å². The van der Waals surface area contributed by atoms with Crippen LogP contribution in [0.3, 0.4) is 0 Å². The number of rotatable bonds is 7. The molecule has 2 heteroatoms.